The van der Waals surface area contributed by atoms with Gasteiger partial charge in [0.15, 0.2) is 0 Å². The quantitative estimate of drug-likeness (QED) is 0.426. The van der Waals surface area contributed by atoms with Crippen molar-refractivity contribution in [3.63, 3.8) is 0 Å². The van der Waals surface area contributed by atoms with E-state index >= 15 is 0 Å². The molecule has 1 fully saturated rings. The lowest BCUT2D eigenvalue weighted by molar-refractivity contribution is -0.122. The number of carbonyl (C=O) groups is 1. The van der Waals surface area contributed by atoms with Gasteiger partial charge in [0.1, 0.15) is 15.8 Å². The topological polar surface area (TPSA) is 86.9 Å². The maximum atomic E-state index is 13.3. The van der Waals surface area contributed by atoms with Crippen LogP contribution in [0.15, 0.2) is 52.3 Å². The lowest BCUT2D eigenvalue weighted by Crippen LogP contribution is -2.27. The van der Waals surface area contributed by atoms with Crippen molar-refractivity contribution in [2.75, 3.05) is 18.5 Å². The van der Waals surface area contributed by atoms with E-state index in [1.165, 1.54) is 15.4 Å². The molecule has 1 aliphatic rings. The predicted molar refractivity (Wildman–Crippen MR) is 132 cm³/mol. The van der Waals surface area contributed by atoms with Crippen LogP contribution in [0.3, 0.4) is 0 Å². The summed E-state index contributed by atoms with van der Waals surface area (Å²) in [6.07, 6.45) is 3.19. The average molecular weight is 467 g/mol. The van der Waals surface area contributed by atoms with E-state index in [2.05, 4.69) is 10.3 Å². The summed E-state index contributed by atoms with van der Waals surface area (Å²) in [5.41, 5.74) is 3.41. The third-order valence-corrected chi connectivity index (χ3v) is 6.48. The Labute approximate surface area is 194 Å². The highest BCUT2D eigenvalue weighted by Gasteiger charge is 2.32. The number of aromatic nitrogens is 2. The Balaban J connectivity index is 1.74. The number of benzene rings is 1. The number of pyridine rings is 1. The van der Waals surface area contributed by atoms with Crippen LogP contribution in [0.1, 0.15) is 22.3 Å². The predicted octanol–water partition coefficient (Wildman–Crippen LogP) is 3.12. The number of aliphatic hydroxyl groups excluding tert-OH is 1. The number of aryl methyl sites for hydroxylation is 2. The minimum atomic E-state index is -0.303. The number of fused-ring (bicyclic) bond motifs is 1. The maximum absolute atomic E-state index is 13.3. The van der Waals surface area contributed by atoms with Crippen molar-refractivity contribution in [1.29, 1.82) is 0 Å². The van der Waals surface area contributed by atoms with Gasteiger partial charge in [-0.3, -0.25) is 18.9 Å². The molecule has 2 N–H and O–H groups in total. The van der Waals surface area contributed by atoms with Crippen molar-refractivity contribution in [2.45, 2.75) is 20.4 Å². The molecule has 1 aromatic carbocycles. The van der Waals surface area contributed by atoms with Gasteiger partial charge in [0.05, 0.1) is 23.6 Å². The van der Waals surface area contributed by atoms with Crippen LogP contribution in [0.4, 0.5) is 5.82 Å². The molecule has 7 nitrogen and oxygen atoms in total. The first-order chi connectivity index (χ1) is 15.4. The lowest BCUT2D eigenvalue weighted by Gasteiger charge is -2.14. The monoisotopic (exact) mass is 466 g/mol. The van der Waals surface area contributed by atoms with Crippen LogP contribution in [-0.4, -0.2) is 42.8 Å². The zero-order valence-electron chi connectivity index (χ0n) is 17.7. The van der Waals surface area contributed by atoms with Crippen molar-refractivity contribution in [1.82, 2.24) is 14.3 Å². The number of aliphatic hydroxyl groups is 1. The fraction of sp³-hybridized carbons (Fsp3) is 0.217. The summed E-state index contributed by atoms with van der Waals surface area (Å²) in [6, 6.07) is 11.6. The zero-order valence-corrected chi connectivity index (χ0v) is 19.3. The number of amides is 1. The van der Waals surface area contributed by atoms with Gasteiger partial charge in [-0.05, 0) is 37.1 Å². The molecule has 0 atom stereocenters. The number of nitrogens with one attached hydrogen (secondary N) is 1. The number of rotatable bonds is 6. The molecule has 0 unspecified atom stereocenters. The molecule has 3 heterocycles. The minimum absolute atomic E-state index is 0.118. The smallest absolute Gasteiger partial charge is 0.267 e. The van der Waals surface area contributed by atoms with Crippen LogP contribution in [-0.2, 0) is 11.3 Å². The molecule has 32 heavy (non-hydrogen) atoms. The van der Waals surface area contributed by atoms with Gasteiger partial charge in [0, 0.05) is 12.7 Å². The fourth-order valence-corrected chi connectivity index (χ4v) is 4.63. The first kappa shape index (κ1) is 22.2. The Hall–Kier alpha value is -3.01. The lowest BCUT2D eigenvalue weighted by atomic mass is 10.1. The molecule has 1 saturated heterocycles. The van der Waals surface area contributed by atoms with E-state index in [9.17, 15) is 14.7 Å². The summed E-state index contributed by atoms with van der Waals surface area (Å²) in [6.45, 7) is 4.35. The molecule has 1 aliphatic heterocycles. The fourth-order valence-electron chi connectivity index (χ4n) is 3.39. The van der Waals surface area contributed by atoms with E-state index in [1.807, 2.05) is 44.2 Å². The number of thiocarbonyl (C=S) groups is 1. The molecule has 0 bridgehead atoms. The van der Waals surface area contributed by atoms with E-state index in [-0.39, 0.29) is 30.2 Å². The molecule has 9 heteroatoms. The summed E-state index contributed by atoms with van der Waals surface area (Å²) < 4.78 is 1.90. The summed E-state index contributed by atoms with van der Waals surface area (Å²) in [4.78, 5) is 32.8. The van der Waals surface area contributed by atoms with E-state index in [1.54, 1.807) is 12.3 Å². The minimum Gasteiger partial charge on any atom is -0.395 e. The molecule has 0 saturated carbocycles. The highest BCUT2D eigenvalue weighted by atomic mass is 32.2. The van der Waals surface area contributed by atoms with Crippen LogP contribution in [0, 0.1) is 13.8 Å². The van der Waals surface area contributed by atoms with E-state index in [0.717, 1.165) is 28.5 Å². The van der Waals surface area contributed by atoms with Crippen LogP contribution >= 0.6 is 24.0 Å². The molecular weight excluding hydrogens is 444 g/mol. The van der Waals surface area contributed by atoms with Crippen molar-refractivity contribution in [3.05, 3.63) is 80.1 Å². The molecule has 164 valence electrons. The van der Waals surface area contributed by atoms with Crippen LogP contribution in [0.5, 0.6) is 0 Å². The Morgan fingerprint density at radius 2 is 1.94 bits per heavy atom. The summed E-state index contributed by atoms with van der Waals surface area (Å²) >= 11 is 6.61. The van der Waals surface area contributed by atoms with Crippen molar-refractivity contribution in [3.8, 4) is 0 Å². The molecule has 2 aromatic heterocycles. The Morgan fingerprint density at radius 1 is 1.19 bits per heavy atom. The Bertz CT molecular complexity index is 1300. The number of anilines is 1. The van der Waals surface area contributed by atoms with Gasteiger partial charge in [-0.15, -0.1) is 0 Å². The first-order valence-electron chi connectivity index (χ1n) is 10.1. The standard InChI is InChI=1S/C23H22N4O3S2/c1-14-5-7-16(8-6-14)13-27-22(30)18(32-23(27)31)12-17-19(24-9-11-28)25-20-15(2)4-3-10-26(20)21(17)29/h3-8,10,12,24,28H,9,11,13H2,1-2H3. The second-order valence-corrected chi connectivity index (χ2v) is 9.14. The van der Waals surface area contributed by atoms with Gasteiger partial charge in [0.2, 0.25) is 0 Å². The van der Waals surface area contributed by atoms with Crippen LogP contribution in [0.2, 0.25) is 0 Å². The van der Waals surface area contributed by atoms with Gasteiger partial charge in [0.25, 0.3) is 11.5 Å². The molecule has 3 aromatic rings. The third-order valence-electron chi connectivity index (χ3n) is 5.10. The molecule has 4 rings (SSSR count). The molecule has 0 spiro atoms. The highest BCUT2D eigenvalue weighted by Crippen LogP contribution is 2.34. The van der Waals surface area contributed by atoms with Gasteiger partial charge in [-0.2, -0.15) is 0 Å². The largest absolute Gasteiger partial charge is 0.395 e. The van der Waals surface area contributed by atoms with Crippen LogP contribution < -0.4 is 10.9 Å². The molecule has 0 aliphatic carbocycles. The van der Waals surface area contributed by atoms with Gasteiger partial charge >= 0.3 is 0 Å². The van der Waals surface area contributed by atoms with Crippen LogP contribution in [0.25, 0.3) is 11.7 Å². The summed E-state index contributed by atoms with van der Waals surface area (Å²) in [5.74, 6) is 0.0737. The van der Waals surface area contributed by atoms with Crippen molar-refractivity contribution < 1.29 is 9.90 Å². The molecule has 1 amide bonds. The molecular formula is C23H22N4O3S2. The number of nitrogens with zero attached hydrogens (tertiary/aromatic N) is 3. The van der Waals surface area contributed by atoms with E-state index in [0.29, 0.717) is 27.2 Å². The SMILES string of the molecule is Cc1ccc(CN2C(=O)C(=Cc3c(NCCO)nc4c(C)cccn4c3=O)SC2=S)cc1. The normalized spacial score (nSPS) is 15.2. The zero-order chi connectivity index (χ0) is 22.8. The number of thioether (sulfide) groups is 1. The Morgan fingerprint density at radius 3 is 2.66 bits per heavy atom. The van der Waals surface area contributed by atoms with Gasteiger partial charge in [-0.1, -0.05) is 59.9 Å². The van der Waals surface area contributed by atoms with E-state index in [4.69, 9.17) is 12.2 Å². The van der Waals surface area contributed by atoms with Gasteiger partial charge in [-0.25, -0.2) is 4.98 Å². The average Bonchev–Trinajstić information content (AvgIpc) is 3.04. The molecule has 0 radical (unpaired) electrons. The first-order valence-corrected chi connectivity index (χ1v) is 11.3. The summed E-state index contributed by atoms with van der Waals surface area (Å²) in [5, 5.41) is 12.2. The number of hydrogen-bond acceptors (Lipinski definition) is 7. The van der Waals surface area contributed by atoms with Crippen molar-refractivity contribution >= 4 is 51.7 Å². The van der Waals surface area contributed by atoms with Gasteiger partial charge < -0.3 is 10.4 Å². The maximum Gasteiger partial charge on any atom is 0.267 e. The summed E-state index contributed by atoms with van der Waals surface area (Å²) in [7, 11) is 0. The van der Waals surface area contributed by atoms with E-state index < -0.39 is 0 Å². The Kier molecular flexibility index (Phi) is 6.40. The van der Waals surface area contributed by atoms with Crippen molar-refractivity contribution in [2.24, 2.45) is 0 Å². The second-order valence-electron chi connectivity index (χ2n) is 7.47. The number of carbonyl (C=O) groups excluding carboxylic acids is 1. The highest BCUT2D eigenvalue weighted by molar-refractivity contribution is 8.26. The third kappa shape index (κ3) is 4.32. The second kappa shape index (κ2) is 9.23. The number of hydrogen-bond donors (Lipinski definition) is 2.